The van der Waals surface area contributed by atoms with Gasteiger partial charge in [-0.3, -0.25) is 9.59 Å². The van der Waals surface area contributed by atoms with Crippen LogP contribution in [-0.2, 0) is 4.79 Å². The highest BCUT2D eigenvalue weighted by Crippen LogP contribution is 2.19. The summed E-state index contributed by atoms with van der Waals surface area (Å²) in [7, 11) is 0. The summed E-state index contributed by atoms with van der Waals surface area (Å²) in [5.41, 5.74) is 2.54. The van der Waals surface area contributed by atoms with E-state index in [1.54, 1.807) is 24.3 Å². The first kappa shape index (κ1) is 22.1. The average Bonchev–Trinajstić information content (AvgIpc) is 2.77. The van der Waals surface area contributed by atoms with Crippen molar-refractivity contribution in [3.63, 3.8) is 0 Å². The molecule has 2 N–H and O–H groups in total. The lowest BCUT2D eigenvalue weighted by atomic mass is 10.2. The topological polar surface area (TPSA) is 64.7 Å². The van der Waals surface area contributed by atoms with Crippen LogP contribution in [0, 0.1) is 0 Å². The normalized spacial score (nSPS) is 14.4. The van der Waals surface area contributed by atoms with Gasteiger partial charge in [0, 0.05) is 61.1 Å². The second-order valence-corrected chi connectivity index (χ2v) is 7.82. The number of halogens is 1. The second kappa shape index (κ2) is 11.0. The van der Waals surface area contributed by atoms with E-state index >= 15 is 0 Å². The van der Waals surface area contributed by atoms with Gasteiger partial charge in [-0.1, -0.05) is 18.5 Å². The lowest BCUT2D eigenvalue weighted by Gasteiger charge is -2.35. The zero-order valence-electron chi connectivity index (χ0n) is 17.4. The third-order valence-corrected chi connectivity index (χ3v) is 5.56. The van der Waals surface area contributed by atoms with Crippen molar-refractivity contribution in [2.45, 2.75) is 19.8 Å². The maximum atomic E-state index is 12.2. The largest absolute Gasteiger partial charge is 0.369 e. The molecule has 0 bridgehead atoms. The van der Waals surface area contributed by atoms with E-state index < -0.39 is 0 Å². The summed E-state index contributed by atoms with van der Waals surface area (Å²) in [6.07, 6.45) is 0.923. The van der Waals surface area contributed by atoms with Crippen LogP contribution in [0.2, 0.25) is 5.02 Å². The average molecular weight is 429 g/mol. The SMILES string of the molecule is CCN1CCN(c2ccc(NC(=O)CCCNC(=O)c3ccc(Cl)cc3)cc2)CC1. The fraction of sp³-hybridized carbons (Fsp3) is 0.391. The molecule has 0 saturated carbocycles. The number of likely N-dealkylation sites (N-methyl/N-ethyl adjacent to an activating group) is 1. The fourth-order valence-corrected chi connectivity index (χ4v) is 3.58. The minimum atomic E-state index is -0.164. The third kappa shape index (κ3) is 6.47. The number of carbonyl (C=O) groups excluding carboxylic acids is 2. The Labute approximate surface area is 183 Å². The lowest BCUT2D eigenvalue weighted by Crippen LogP contribution is -2.46. The molecular weight excluding hydrogens is 400 g/mol. The molecule has 0 spiro atoms. The molecule has 2 aromatic carbocycles. The van der Waals surface area contributed by atoms with Gasteiger partial charge in [0.1, 0.15) is 0 Å². The molecule has 0 radical (unpaired) electrons. The highest BCUT2D eigenvalue weighted by Gasteiger charge is 2.15. The summed E-state index contributed by atoms with van der Waals surface area (Å²) in [5.74, 6) is -0.220. The Balaban J connectivity index is 1.36. The maximum Gasteiger partial charge on any atom is 0.251 e. The summed E-state index contributed by atoms with van der Waals surface area (Å²) in [6.45, 7) is 7.97. The van der Waals surface area contributed by atoms with Crippen molar-refractivity contribution in [1.29, 1.82) is 0 Å². The van der Waals surface area contributed by atoms with Crippen LogP contribution in [0.1, 0.15) is 30.1 Å². The van der Waals surface area contributed by atoms with Crippen molar-refractivity contribution >= 4 is 34.8 Å². The molecule has 1 saturated heterocycles. The van der Waals surface area contributed by atoms with Crippen molar-refractivity contribution in [3.8, 4) is 0 Å². The van der Waals surface area contributed by atoms with Gasteiger partial charge >= 0.3 is 0 Å². The van der Waals surface area contributed by atoms with Gasteiger partial charge < -0.3 is 20.4 Å². The van der Waals surface area contributed by atoms with Crippen molar-refractivity contribution in [3.05, 3.63) is 59.1 Å². The van der Waals surface area contributed by atoms with E-state index in [1.807, 2.05) is 12.1 Å². The molecule has 0 atom stereocenters. The first-order chi connectivity index (χ1) is 14.5. The van der Waals surface area contributed by atoms with Gasteiger partial charge in [-0.05, 0) is 61.5 Å². The zero-order valence-corrected chi connectivity index (χ0v) is 18.1. The van der Waals surface area contributed by atoms with Crippen LogP contribution in [0.25, 0.3) is 0 Å². The van der Waals surface area contributed by atoms with Crippen LogP contribution in [0.15, 0.2) is 48.5 Å². The Morgan fingerprint density at radius 1 is 0.967 bits per heavy atom. The van der Waals surface area contributed by atoms with Gasteiger partial charge in [-0.15, -0.1) is 0 Å². The number of rotatable bonds is 8. The standard InChI is InChI=1S/C23H29ClN4O2/c1-2-27-14-16-28(17-15-27)21-11-9-20(10-12-21)26-22(29)4-3-13-25-23(30)18-5-7-19(24)8-6-18/h5-12H,2-4,13-17H2,1H3,(H,25,30)(H,26,29). The van der Waals surface area contributed by atoms with E-state index in [9.17, 15) is 9.59 Å². The number of hydrogen-bond donors (Lipinski definition) is 2. The minimum Gasteiger partial charge on any atom is -0.369 e. The highest BCUT2D eigenvalue weighted by atomic mass is 35.5. The third-order valence-electron chi connectivity index (χ3n) is 5.31. The lowest BCUT2D eigenvalue weighted by molar-refractivity contribution is -0.116. The van der Waals surface area contributed by atoms with Gasteiger partial charge in [-0.25, -0.2) is 0 Å². The van der Waals surface area contributed by atoms with E-state index in [4.69, 9.17) is 11.6 Å². The Morgan fingerprint density at radius 2 is 1.63 bits per heavy atom. The van der Waals surface area contributed by atoms with Gasteiger partial charge in [-0.2, -0.15) is 0 Å². The number of nitrogens with one attached hydrogen (secondary N) is 2. The number of hydrogen-bond acceptors (Lipinski definition) is 4. The van der Waals surface area contributed by atoms with E-state index in [1.165, 1.54) is 5.69 Å². The molecule has 1 aliphatic rings. The summed E-state index contributed by atoms with van der Waals surface area (Å²) in [6, 6.07) is 14.7. The number of amides is 2. The predicted octanol–water partition coefficient (Wildman–Crippen LogP) is 3.63. The maximum absolute atomic E-state index is 12.2. The van der Waals surface area contributed by atoms with Crippen molar-refractivity contribution in [1.82, 2.24) is 10.2 Å². The molecule has 0 aromatic heterocycles. The van der Waals surface area contributed by atoms with Gasteiger partial charge in [0.25, 0.3) is 5.91 Å². The van der Waals surface area contributed by atoms with Crippen LogP contribution in [0.5, 0.6) is 0 Å². The van der Waals surface area contributed by atoms with E-state index in [0.29, 0.717) is 30.0 Å². The molecule has 2 aromatic rings. The van der Waals surface area contributed by atoms with Gasteiger partial charge in [0.2, 0.25) is 5.91 Å². The summed E-state index contributed by atoms with van der Waals surface area (Å²) in [4.78, 5) is 29.0. The monoisotopic (exact) mass is 428 g/mol. The van der Waals surface area contributed by atoms with Crippen molar-refractivity contribution in [2.75, 3.05) is 49.5 Å². The van der Waals surface area contributed by atoms with E-state index in [0.717, 1.165) is 38.4 Å². The van der Waals surface area contributed by atoms with Crippen LogP contribution < -0.4 is 15.5 Å². The van der Waals surface area contributed by atoms with E-state index in [-0.39, 0.29) is 11.8 Å². The van der Waals surface area contributed by atoms with Crippen LogP contribution in [-0.4, -0.2) is 56.0 Å². The molecule has 2 amide bonds. The number of piperazine rings is 1. The Morgan fingerprint density at radius 3 is 2.27 bits per heavy atom. The molecular formula is C23H29ClN4O2. The molecule has 0 unspecified atom stereocenters. The number of anilines is 2. The highest BCUT2D eigenvalue weighted by molar-refractivity contribution is 6.30. The zero-order chi connectivity index (χ0) is 21.3. The van der Waals surface area contributed by atoms with Crippen LogP contribution >= 0.6 is 11.6 Å². The molecule has 30 heavy (non-hydrogen) atoms. The first-order valence-corrected chi connectivity index (χ1v) is 10.8. The van der Waals surface area contributed by atoms with Crippen molar-refractivity contribution < 1.29 is 9.59 Å². The summed E-state index contributed by atoms with van der Waals surface area (Å²) < 4.78 is 0. The number of carbonyl (C=O) groups is 2. The molecule has 3 rings (SSSR count). The Hall–Kier alpha value is -2.57. The fourth-order valence-electron chi connectivity index (χ4n) is 3.46. The van der Waals surface area contributed by atoms with Crippen molar-refractivity contribution in [2.24, 2.45) is 0 Å². The molecule has 7 heteroatoms. The molecule has 1 heterocycles. The summed E-state index contributed by atoms with van der Waals surface area (Å²) >= 11 is 5.82. The molecule has 1 aliphatic heterocycles. The van der Waals surface area contributed by atoms with Gasteiger partial charge in [0.15, 0.2) is 0 Å². The molecule has 0 aliphatic carbocycles. The number of nitrogens with zero attached hydrogens (tertiary/aromatic N) is 2. The molecule has 160 valence electrons. The van der Waals surface area contributed by atoms with Crippen LogP contribution in [0.3, 0.4) is 0 Å². The Bertz CT molecular complexity index is 831. The smallest absolute Gasteiger partial charge is 0.251 e. The number of benzene rings is 2. The quantitative estimate of drug-likeness (QED) is 0.630. The summed E-state index contributed by atoms with van der Waals surface area (Å²) in [5, 5.41) is 6.33. The predicted molar refractivity (Wildman–Crippen MR) is 122 cm³/mol. The Kier molecular flexibility index (Phi) is 8.11. The second-order valence-electron chi connectivity index (χ2n) is 7.38. The first-order valence-electron chi connectivity index (χ1n) is 10.5. The minimum absolute atomic E-state index is 0.0555. The van der Waals surface area contributed by atoms with Gasteiger partial charge in [0.05, 0.1) is 0 Å². The molecule has 6 nitrogen and oxygen atoms in total. The molecule has 1 fully saturated rings. The van der Waals surface area contributed by atoms with Crippen LogP contribution in [0.4, 0.5) is 11.4 Å². The van der Waals surface area contributed by atoms with E-state index in [2.05, 4.69) is 39.5 Å².